The lowest BCUT2D eigenvalue weighted by Crippen LogP contribution is -2.41. The molecular formula is C17H15IO7. The van der Waals surface area contributed by atoms with E-state index >= 15 is 0 Å². The molecule has 0 bridgehead atoms. The highest BCUT2D eigenvalue weighted by atomic mass is 127. The molecule has 1 aromatic carbocycles. The standard InChI is InChI=1S/C17H15IO7/c1-10(19)22-15-14(25-16(21)12-6-4-3-5-7-12)13(8-9-18)24-17(15)23-11(2)20/h3-7,13-15,17H,1-2H3/t13-,14-,15-,17?/m1/s1. The molecule has 0 amide bonds. The molecule has 1 aliphatic heterocycles. The summed E-state index contributed by atoms with van der Waals surface area (Å²) in [6, 6.07) is 8.31. The van der Waals surface area contributed by atoms with Gasteiger partial charge in [0.25, 0.3) is 0 Å². The Hall–Kier alpha value is -2.12. The predicted molar refractivity (Wildman–Crippen MR) is 93.4 cm³/mol. The van der Waals surface area contributed by atoms with Crippen molar-refractivity contribution in [3.05, 3.63) is 35.9 Å². The zero-order chi connectivity index (χ0) is 18.4. The fourth-order valence-corrected chi connectivity index (χ4v) is 2.57. The zero-order valence-corrected chi connectivity index (χ0v) is 15.6. The third kappa shape index (κ3) is 5.17. The van der Waals surface area contributed by atoms with Gasteiger partial charge in [-0.3, -0.25) is 9.59 Å². The molecule has 0 radical (unpaired) electrons. The first-order chi connectivity index (χ1) is 11.9. The highest BCUT2D eigenvalue weighted by Gasteiger charge is 2.51. The first-order valence-electron chi connectivity index (χ1n) is 7.29. The second-order valence-corrected chi connectivity index (χ2v) is 5.62. The van der Waals surface area contributed by atoms with Crippen molar-refractivity contribution >= 4 is 40.5 Å². The largest absolute Gasteiger partial charge is 0.452 e. The van der Waals surface area contributed by atoms with Gasteiger partial charge < -0.3 is 18.9 Å². The summed E-state index contributed by atoms with van der Waals surface area (Å²) in [7, 11) is 0. The summed E-state index contributed by atoms with van der Waals surface area (Å²) in [4.78, 5) is 35.0. The van der Waals surface area contributed by atoms with Gasteiger partial charge in [-0.2, -0.15) is 0 Å². The molecule has 0 spiro atoms. The minimum Gasteiger partial charge on any atom is -0.452 e. The van der Waals surface area contributed by atoms with Crippen molar-refractivity contribution in [2.24, 2.45) is 0 Å². The van der Waals surface area contributed by atoms with Crippen LogP contribution in [0.3, 0.4) is 0 Å². The minimum absolute atomic E-state index is 0.321. The van der Waals surface area contributed by atoms with E-state index in [1.807, 2.05) is 0 Å². The van der Waals surface area contributed by atoms with E-state index in [1.165, 1.54) is 13.8 Å². The second kappa shape index (κ2) is 8.82. The SMILES string of the molecule is CC(=O)OC1O[C@H](C#CI)[C@@H](OC(=O)c2ccccc2)[C@H]1OC(C)=O. The van der Waals surface area contributed by atoms with Gasteiger partial charge in [0.15, 0.2) is 12.2 Å². The number of halogens is 1. The van der Waals surface area contributed by atoms with Crippen molar-refractivity contribution in [3.63, 3.8) is 0 Å². The number of rotatable bonds is 4. The van der Waals surface area contributed by atoms with Crippen LogP contribution < -0.4 is 0 Å². The Morgan fingerprint density at radius 3 is 2.20 bits per heavy atom. The van der Waals surface area contributed by atoms with Crippen LogP contribution in [0.2, 0.25) is 0 Å². The molecule has 2 rings (SSSR count). The Morgan fingerprint density at radius 1 is 1.00 bits per heavy atom. The Bertz CT molecular complexity index is 707. The Labute approximate surface area is 158 Å². The van der Waals surface area contributed by atoms with Crippen LogP contribution in [0.25, 0.3) is 0 Å². The molecule has 0 aliphatic carbocycles. The van der Waals surface area contributed by atoms with E-state index in [0.717, 1.165) is 0 Å². The van der Waals surface area contributed by atoms with Crippen LogP contribution in [0.1, 0.15) is 24.2 Å². The summed E-state index contributed by atoms with van der Waals surface area (Å²) < 4.78 is 23.8. The maximum Gasteiger partial charge on any atom is 0.338 e. The first kappa shape index (κ1) is 19.2. The molecule has 1 fully saturated rings. The quantitative estimate of drug-likeness (QED) is 0.295. The Balaban J connectivity index is 2.26. The molecule has 0 aromatic heterocycles. The number of carbonyl (C=O) groups excluding carboxylic acids is 3. The molecule has 1 aliphatic rings. The number of hydrogen-bond donors (Lipinski definition) is 0. The van der Waals surface area contributed by atoms with Crippen LogP contribution in [0.4, 0.5) is 0 Å². The Morgan fingerprint density at radius 2 is 1.64 bits per heavy atom. The van der Waals surface area contributed by atoms with Crippen LogP contribution in [0.5, 0.6) is 0 Å². The summed E-state index contributed by atoms with van der Waals surface area (Å²) in [6.07, 6.45) is -4.27. The van der Waals surface area contributed by atoms with Gasteiger partial charge in [-0.25, -0.2) is 4.79 Å². The van der Waals surface area contributed by atoms with Gasteiger partial charge in [0, 0.05) is 36.4 Å². The van der Waals surface area contributed by atoms with E-state index in [-0.39, 0.29) is 0 Å². The molecule has 1 heterocycles. The summed E-state index contributed by atoms with van der Waals surface area (Å²) in [6.45, 7) is 2.38. The van der Waals surface area contributed by atoms with Gasteiger partial charge >= 0.3 is 17.9 Å². The number of hydrogen-bond acceptors (Lipinski definition) is 7. The van der Waals surface area contributed by atoms with Crippen molar-refractivity contribution in [2.45, 2.75) is 38.4 Å². The topological polar surface area (TPSA) is 88.1 Å². The van der Waals surface area contributed by atoms with E-state index in [0.29, 0.717) is 5.56 Å². The van der Waals surface area contributed by atoms with Crippen LogP contribution >= 0.6 is 22.6 Å². The molecule has 1 aromatic rings. The van der Waals surface area contributed by atoms with Gasteiger partial charge in [0.05, 0.1) is 5.56 Å². The maximum absolute atomic E-state index is 12.3. The lowest BCUT2D eigenvalue weighted by Gasteiger charge is -2.22. The van der Waals surface area contributed by atoms with Gasteiger partial charge in [0.1, 0.15) is 0 Å². The van der Waals surface area contributed by atoms with E-state index in [4.69, 9.17) is 18.9 Å². The molecule has 7 nitrogen and oxygen atoms in total. The average Bonchev–Trinajstić information content (AvgIpc) is 2.84. The van der Waals surface area contributed by atoms with E-state index in [2.05, 4.69) is 9.85 Å². The van der Waals surface area contributed by atoms with Crippen LogP contribution in [0.15, 0.2) is 30.3 Å². The zero-order valence-electron chi connectivity index (χ0n) is 13.4. The lowest BCUT2D eigenvalue weighted by molar-refractivity contribution is -0.193. The highest BCUT2D eigenvalue weighted by molar-refractivity contribution is 14.1. The molecule has 0 saturated carbocycles. The molecular weight excluding hydrogens is 443 g/mol. The molecule has 132 valence electrons. The van der Waals surface area contributed by atoms with E-state index < -0.39 is 42.5 Å². The van der Waals surface area contributed by atoms with Crippen molar-refractivity contribution < 1.29 is 33.3 Å². The first-order valence-corrected chi connectivity index (χ1v) is 8.37. The van der Waals surface area contributed by atoms with E-state index in [1.54, 1.807) is 52.9 Å². The van der Waals surface area contributed by atoms with Crippen molar-refractivity contribution in [2.75, 3.05) is 0 Å². The number of esters is 3. The van der Waals surface area contributed by atoms with Crippen molar-refractivity contribution in [1.82, 2.24) is 0 Å². The Kier molecular flexibility index (Phi) is 6.78. The summed E-state index contributed by atoms with van der Waals surface area (Å²) in [5.41, 5.74) is 0.321. The number of benzene rings is 1. The fourth-order valence-electron chi connectivity index (χ4n) is 2.26. The number of carbonyl (C=O) groups is 3. The smallest absolute Gasteiger partial charge is 0.338 e. The van der Waals surface area contributed by atoms with Crippen LogP contribution in [-0.4, -0.2) is 42.5 Å². The summed E-state index contributed by atoms with van der Waals surface area (Å²) >= 11 is 1.80. The average molecular weight is 458 g/mol. The molecule has 25 heavy (non-hydrogen) atoms. The minimum atomic E-state index is -1.21. The van der Waals surface area contributed by atoms with Gasteiger partial charge in [0.2, 0.25) is 12.4 Å². The predicted octanol–water partition coefficient (Wildman–Crippen LogP) is 1.83. The third-order valence-corrected chi connectivity index (χ3v) is 3.52. The molecule has 1 saturated heterocycles. The van der Waals surface area contributed by atoms with Gasteiger partial charge in [-0.05, 0) is 16.1 Å². The van der Waals surface area contributed by atoms with Gasteiger partial charge in [-0.1, -0.05) is 24.1 Å². The van der Waals surface area contributed by atoms with Gasteiger partial charge in [-0.15, -0.1) is 0 Å². The molecule has 4 atom stereocenters. The molecule has 0 N–H and O–H groups in total. The monoisotopic (exact) mass is 458 g/mol. The third-order valence-electron chi connectivity index (χ3n) is 3.20. The highest BCUT2D eigenvalue weighted by Crippen LogP contribution is 2.28. The fraction of sp³-hybridized carbons (Fsp3) is 0.353. The lowest BCUT2D eigenvalue weighted by atomic mass is 10.1. The second-order valence-electron chi connectivity index (χ2n) is 5.08. The van der Waals surface area contributed by atoms with Crippen molar-refractivity contribution in [3.8, 4) is 9.85 Å². The van der Waals surface area contributed by atoms with E-state index in [9.17, 15) is 14.4 Å². The van der Waals surface area contributed by atoms with Crippen molar-refractivity contribution in [1.29, 1.82) is 0 Å². The summed E-state index contributed by atoms with van der Waals surface area (Å²) in [5.74, 6) is 0.826. The maximum atomic E-state index is 12.3. The number of ether oxygens (including phenoxy) is 4. The van der Waals surface area contributed by atoms with Crippen LogP contribution in [0, 0.1) is 9.85 Å². The molecule has 8 heteroatoms. The summed E-state index contributed by atoms with van der Waals surface area (Å²) in [5, 5.41) is 0. The normalized spacial score (nSPS) is 24.6. The van der Waals surface area contributed by atoms with Crippen LogP contribution in [-0.2, 0) is 28.5 Å². The molecule has 1 unspecified atom stereocenters.